The molecule has 0 radical (unpaired) electrons. The molecule has 1 fully saturated rings. The van der Waals surface area contributed by atoms with Gasteiger partial charge in [-0.3, -0.25) is 19.4 Å². The molecule has 0 bridgehead atoms. The van der Waals surface area contributed by atoms with E-state index in [0.29, 0.717) is 13.1 Å². The van der Waals surface area contributed by atoms with Gasteiger partial charge in [0.15, 0.2) is 5.78 Å². The largest absolute Gasteiger partial charge is 0.507 e. The lowest BCUT2D eigenvalue weighted by Crippen LogP contribution is -2.46. The van der Waals surface area contributed by atoms with Crippen LogP contribution in [-0.4, -0.2) is 76.0 Å². The minimum absolute atomic E-state index is 0.0458. The third-order valence-corrected chi connectivity index (χ3v) is 5.45. The molecule has 0 saturated carbocycles. The molecule has 0 aromatic heterocycles. The van der Waals surface area contributed by atoms with E-state index in [4.69, 9.17) is 5.11 Å². The van der Waals surface area contributed by atoms with E-state index in [-0.39, 0.29) is 46.1 Å². The fraction of sp³-hybridized carbons (Fsp3) is 0.333. The molecule has 28 heavy (non-hydrogen) atoms. The van der Waals surface area contributed by atoms with Crippen molar-refractivity contribution < 1.29 is 24.9 Å². The van der Waals surface area contributed by atoms with Gasteiger partial charge in [-0.25, -0.2) is 0 Å². The molecule has 2 aromatic rings. The molecule has 7 heteroatoms. The highest BCUT2D eigenvalue weighted by Gasteiger charge is 2.34. The summed E-state index contributed by atoms with van der Waals surface area (Å²) in [7, 11) is 0. The van der Waals surface area contributed by atoms with E-state index < -0.39 is 5.78 Å². The number of fused-ring (bicyclic) bond motifs is 2. The SMILES string of the molecule is O=C1c2cccc(O)c2C(=O)c2c(O)cc(CN3CCN(CCO)CC3)cc21. The number of benzene rings is 2. The van der Waals surface area contributed by atoms with E-state index >= 15 is 0 Å². The number of hydrogen-bond acceptors (Lipinski definition) is 7. The Bertz CT molecular complexity index is 948. The summed E-state index contributed by atoms with van der Waals surface area (Å²) in [6.07, 6.45) is 0. The second kappa shape index (κ2) is 7.35. The molecule has 146 valence electrons. The number of phenolic OH excluding ortho intramolecular Hbond substituents is 2. The Balaban J connectivity index is 1.61. The van der Waals surface area contributed by atoms with E-state index in [1.807, 2.05) is 0 Å². The van der Waals surface area contributed by atoms with E-state index in [9.17, 15) is 19.8 Å². The van der Waals surface area contributed by atoms with Gasteiger partial charge in [-0.2, -0.15) is 0 Å². The summed E-state index contributed by atoms with van der Waals surface area (Å²) in [5.41, 5.74) is 0.999. The molecule has 0 amide bonds. The Morgan fingerprint density at radius 3 is 2.21 bits per heavy atom. The highest BCUT2D eigenvalue weighted by Crippen LogP contribution is 2.37. The Morgan fingerprint density at radius 1 is 0.821 bits per heavy atom. The predicted octanol–water partition coefficient (Wildman–Crippen LogP) is 0.983. The lowest BCUT2D eigenvalue weighted by molar-refractivity contribution is 0.0973. The van der Waals surface area contributed by atoms with Crippen molar-refractivity contribution in [1.82, 2.24) is 9.80 Å². The van der Waals surface area contributed by atoms with Crippen LogP contribution in [0.1, 0.15) is 37.4 Å². The zero-order valence-electron chi connectivity index (χ0n) is 15.4. The molecule has 1 saturated heterocycles. The van der Waals surface area contributed by atoms with Crippen molar-refractivity contribution in [3.8, 4) is 11.5 Å². The van der Waals surface area contributed by atoms with E-state index in [0.717, 1.165) is 31.7 Å². The number of carbonyl (C=O) groups excluding carboxylic acids is 2. The number of rotatable bonds is 4. The minimum Gasteiger partial charge on any atom is -0.507 e. The lowest BCUT2D eigenvalue weighted by atomic mass is 9.82. The van der Waals surface area contributed by atoms with Crippen LogP contribution in [0.2, 0.25) is 0 Å². The van der Waals surface area contributed by atoms with E-state index in [2.05, 4.69) is 9.80 Å². The van der Waals surface area contributed by atoms with Gasteiger partial charge in [0, 0.05) is 50.4 Å². The molecule has 0 atom stereocenters. The lowest BCUT2D eigenvalue weighted by Gasteiger charge is -2.34. The zero-order valence-corrected chi connectivity index (χ0v) is 15.4. The zero-order chi connectivity index (χ0) is 19.8. The standard InChI is InChI=1S/C21H22N2O5/c24-9-8-22-4-6-23(7-5-22)12-13-10-15-19(17(26)11-13)21(28)18-14(20(15)27)2-1-3-16(18)25/h1-3,10-11,24-26H,4-9,12H2. The molecule has 4 rings (SSSR count). The summed E-state index contributed by atoms with van der Waals surface area (Å²) in [4.78, 5) is 30.1. The predicted molar refractivity (Wildman–Crippen MR) is 102 cm³/mol. The average Bonchev–Trinajstić information content (AvgIpc) is 2.67. The van der Waals surface area contributed by atoms with Crippen LogP contribution in [0.5, 0.6) is 11.5 Å². The van der Waals surface area contributed by atoms with Crippen molar-refractivity contribution >= 4 is 11.6 Å². The van der Waals surface area contributed by atoms with Crippen LogP contribution in [0.4, 0.5) is 0 Å². The quantitative estimate of drug-likeness (QED) is 0.618. The van der Waals surface area contributed by atoms with Gasteiger partial charge in [-0.05, 0) is 23.8 Å². The van der Waals surface area contributed by atoms with Gasteiger partial charge in [0.25, 0.3) is 0 Å². The molecule has 2 aliphatic rings. The number of aliphatic hydroxyl groups excluding tert-OH is 1. The Labute approximate surface area is 162 Å². The second-order valence-corrected chi connectivity index (χ2v) is 7.24. The van der Waals surface area contributed by atoms with Crippen LogP contribution in [-0.2, 0) is 6.54 Å². The van der Waals surface area contributed by atoms with Gasteiger partial charge in [0.05, 0.1) is 17.7 Å². The van der Waals surface area contributed by atoms with Gasteiger partial charge in [-0.1, -0.05) is 12.1 Å². The molecule has 2 aromatic carbocycles. The second-order valence-electron chi connectivity index (χ2n) is 7.24. The van der Waals surface area contributed by atoms with Crippen LogP contribution < -0.4 is 0 Å². The summed E-state index contributed by atoms with van der Waals surface area (Å²) in [6, 6.07) is 7.59. The molecule has 3 N–H and O–H groups in total. The Kier molecular flexibility index (Phi) is 4.89. The van der Waals surface area contributed by atoms with Crippen LogP contribution in [0.15, 0.2) is 30.3 Å². The van der Waals surface area contributed by atoms with E-state index in [1.165, 1.54) is 24.3 Å². The fourth-order valence-electron chi connectivity index (χ4n) is 4.00. The van der Waals surface area contributed by atoms with E-state index in [1.54, 1.807) is 6.07 Å². The maximum absolute atomic E-state index is 12.9. The molecule has 7 nitrogen and oxygen atoms in total. The summed E-state index contributed by atoms with van der Waals surface area (Å²) >= 11 is 0. The maximum Gasteiger partial charge on any atom is 0.201 e. The number of aliphatic hydroxyl groups is 1. The number of nitrogens with zero attached hydrogens (tertiary/aromatic N) is 2. The highest BCUT2D eigenvalue weighted by atomic mass is 16.3. The molecular formula is C21H22N2O5. The van der Waals surface area contributed by atoms with Gasteiger partial charge >= 0.3 is 0 Å². The number of β-amino-alcohol motifs (C(OH)–C–C–N with tert-alkyl or cyclic N) is 1. The molecular weight excluding hydrogens is 360 g/mol. The van der Waals surface area contributed by atoms with Crippen LogP contribution in [0, 0.1) is 0 Å². The van der Waals surface area contributed by atoms with Crippen LogP contribution in [0.3, 0.4) is 0 Å². The number of ketones is 2. The number of aromatic hydroxyl groups is 2. The minimum atomic E-state index is -0.538. The van der Waals surface area contributed by atoms with Crippen LogP contribution >= 0.6 is 0 Å². The van der Waals surface area contributed by atoms with Crippen molar-refractivity contribution in [1.29, 1.82) is 0 Å². The molecule has 1 aliphatic carbocycles. The summed E-state index contributed by atoms with van der Waals surface area (Å²) in [5, 5.41) is 29.5. The summed E-state index contributed by atoms with van der Waals surface area (Å²) in [5.74, 6) is -1.40. The molecule has 1 aliphatic heterocycles. The fourth-order valence-corrected chi connectivity index (χ4v) is 4.00. The monoisotopic (exact) mass is 382 g/mol. The highest BCUT2D eigenvalue weighted by molar-refractivity contribution is 6.30. The third kappa shape index (κ3) is 3.17. The van der Waals surface area contributed by atoms with Gasteiger partial charge < -0.3 is 15.3 Å². The van der Waals surface area contributed by atoms with Crippen molar-refractivity contribution in [2.24, 2.45) is 0 Å². The van der Waals surface area contributed by atoms with Crippen molar-refractivity contribution in [2.45, 2.75) is 6.54 Å². The van der Waals surface area contributed by atoms with Crippen molar-refractivity contribution in [3.63, 3.8) is 0 Å². The van der Waals surface area contributed by atoms with Gasteiger partial charge in [-0.15, -0.1) is 0 Å². The third-order valence-electron chi connectivity index (χ3n) is 5.45. The normalized spacial score (nSPS) is 17.5. The number of hydrogen-bond donors (Lipinski definition) is 3. The van der Waals surface area contributed by atoms with Gasteiger partial charge in [0.1, 0.15) is 11.5 Å². The number of phenols is 2. The first kappa shape index (κ1) is 18.6. The maximum atomic E-state index is 12.9. The van der Waals surface area contributed by atoms with Gasteiger partial charge in [0.2, 0.25) is 5.78 Å². The smallest absolute Gasteiger partial charge is 0.201 e. The first-order valence-electron chi connectivity index (χ1n) is 9.32. The number of piperazine rings is 1. The molecule has 0 unspecified atom stereocenters. The van der Waals surface area contributed by atoms with Crippen LogP contribution in [0.25, 0.3) is 0 Å². The summed E-state index contributed by atoms with van der Waals surface area (Å²) in [6.45, 7) is 4.70. The molecule has 1 heterocycles. The number of carbonyl (C=O) groups is 2. The van der Waals surface area contributed by atoms with Crippen molar-refractivity contribution in [2.75, 3.05) is 39.3 Å². The topological polar surface area (TPSA) is 101 Å². The summed E-state index contributed by atoms with van der Waals surface area (Å²) < 4.78 is 0. The molecule has 0 spiro atoms. The average molecular weight is 382 g/mol. The first-order chi connectivity index (χ1) is 13.5. The van der Waals surface area contributed by atoms with Crippen molar-refractivity contribution in [3.05, 3.63) is 58.1 Å². The first-order valence-corrected chi connectivity index (χ1v) is 9.32. The Morgan fingerprint density at radius 2 is 1.50 bits per heavy atom. The Hall–Kier alpha value is -2.74.